The lowest BCUT2D eigenvalue weighted by atomic mass is 10.0. The molecule has 0 fully saturated rings. The average molecular weight is 992 g/mol. The molecule has 0 aromatic carbocycles. The van der Waals surface area contributed by atoms with E-state index in [4.69, 9.17) is 14.2 Å². The van der Waals surface area contributed by atoms with Crippen molar-refractivity contribution in [2.75, 3.05) is 13.2 Å². The number of hydrogen-bond acceptors (Lipinski definition) is 6. The summed E-state index contributed by atoms with van der Waals surface area (Å²) < 4.78 is 16.8. The number of unbranched alkanes of at least 4 members (excludes halogenated alkanes) is 32. The van der Waals surface area contributed by atoms with Crippen molar-refractivity contribution in [2.24, 2.45) is 0 Å². The third-order valence-electron chi connectivity index (χ3n) is 13.2. The van der Waals surface area contributed by atoms with E-state index in [9.17, 15) is 14.4 Å². The van der Waals surface area contributed by atoms with Gasteiger partial charge in [-0.2, -0.15) is 0 Å². The molecule has 0 aliphatic heterocycles. The first kappa shape index (κ1) is 67.8. The van der Waals surface area contributed by atoms with Gasteiger partial charge in [-0.15, -0.1) is 0 Å². The Balaban J connectivity index is 4.19. The molecule has 1 unspecified atom stereocenters. The minimum atomic E-state index is -0.795. The molecule has 0 aromatic heterocycles. The Kier molecular flexibility index (Phi) is 56.8. The van der Waals surface area contributed by atoms with Crippen LogP contribution in [0.15, 0.2) is 72.9 Å². The fourth-order valence-electron chi connectivity index (χ4n) is 8.68. The van der Waals surface area contributed by atoms with Crippen molar-refractivity contribution in [1.82, 2.24) is 0 Å². The molecule has 0 heterocycles. The maximum atomic E-state index is 12.8. The van der Waals surface area contributed by atoms with Gasteiger partial charge in [-0.3, -0.25) is 14.4 Å². The molecule has 0 radical (unpaired) electrons. The summed E-state index contributed by atoms with van der Waals surface area (Å²) in [6.07, 6.45) is 76.5. The van der Waals surface area contributed by atoms with Gasteiger partial charge in [0.15, 0.2) is 6.10 Å². The highest BCUT2D eigenvalue weighted by atomic mass is 16.6. The van der Waals surface area contributed by atoms with Crippen molar-refractivity contribution >= 4 is 17.9 Å². The van der Waals surface area contributed by atoms with Crippen molar-refractivity contribution < 1.29 is 28.6 Å². The Bertz CT molecular complexity index is 1320. The van der Waals surface area contributed by atoms with Crippen molar-refractivity contribution in [3.8, 4) is 0 Å². The van der Waals surface area contributed by atoms with E-state index in [2.05, 4.69) is 93.7 Å². The third kappa shape index (κ3) is 57.6. The number of carbonyl (C=O) groups excluding carboxylic acids is 3. The topological polar surface area (TPSA) is 78.9 Å². The number of esters is 3. The molecular weight excluding hydrogens is 877 g/mol. The monoisotopic (exact) mass is 991 g/mol. The van der Waals surface area contributed by atoms with Crippen LogP contribution < -0.4 is 0 Å². The second kappa shape index (κ2) is 59.4. The summed E-state index contributed by atoms with van der Waals surface area (Å²) in [5.41, 5.74) is 0. The number of allylic oxidation sites excluding steroid dienone is 12. The molecule has 0 N–H and O–H groups in total. The Morgan fingerprint density at radius 2 is 0.549 bits per heavy atom. The van der Waals surface area contributed by atoms with Crippen LogP contribution in [0.1, 0.15) is 303 Å². The SMILES string of the molecule is CC/C=C\C/C=C\C/C=C\C/C=C\C/C=C\C/C=C\CCCCC(=O)OC(COC(=O)CCCCCCCCC)COC(=O)CCCCCCCCCCCCCCCCCCCCCCCCCCC. The molecule has 0 aliphatic rings. The second-order valence-corrected chi connectivity index (χ2v) is 20.2. The molecule has 410 valence electrons. The molecule has 0 rings (SSSR count). The molecule has 6 heteroatoms. The summed E-state index contributed by atoms with van der Waals surface area (Å²) in [7, 11) is 0. The van der Waals surface area contributed by atoms with E-state index in [1.54, 1.807) is 0 Å². The first-order chi connectivity index (χ1) is 35.0. The van der Waals surface area contributed by atoms with Crippen molar-refractivity contribution in [3.63, 3.8) is 0 Å². The van der Waals surface area contributed by atoms with Gasteiger partial charge in [0.2, 0.25) is 0 Å². The highest BCUT2D eigenvalue weighted by Crippen LogP contribution is 2.17. The summed E-state index contributed by atoms with van der Waals surface area (Å²) in [6.45, 7) is 6.48. The van der Waals surface area contributed by atoms with Crippen LogP contribution in [-0.4, -0.2) is 37.2 Å². The van der Waals surface area contributed by atoms with Gasteiger partial charge in [0.05, 0.1) is 0 Å². The summed E-state index contributed by atoms with van der Waals surface area (Å²) >= 11 is 0. The van der Waals surface area contributed by atoms with Crippen LogP contribution in [0.5, 0.6) is 0 Å². The zero-order valence-corrected chi connectivity index (χ0v) is 47.0. The second-order valence-electron chi connectivity index (χ2n) is 20.2. The molecule has 0 spiro atoms. The molecule has 0 saturated heterocycles. The molecule has 71 heavy (non-hydrogen) atoms. The van der Waals surface area contributed by atoms with E-state index in [1.807, 2.05) is 0 Å². The minimum Gasteiger partial charge on any atom is -0.462 e. The number of ether oxygens (including phenoxy) is 3. The average Bonchev–Trinajstić information content (AvgIpc) is 3.37. The number of rotatable bonds is 55. The molecule has 0 aliphatic carbocycles. The molecule has 1 atom stereocenters. The molecule has 0 saturated carbocycles. The molecule has 6 nitrogen and oxygen atoms in total. The first-order valence-electron chi connectivity index (χ1n) is 30.4. The van der Waals surface area contributed by atoms with E-state index in [1.165, 1.54) is 167 Å². The van der Waals surface area contributed by atoms with Gasteiger partial charge in [0.1, 0.15) is 13.2 Å². The smallest absolute Gasteiger partial charge is 0.306 e. The lowest BCUT2D eigenvalue weighted by Gasteiger charge is -2.18. The number of carbonyl (C=O) groups is 3. The standard InChI is InChI=1S/C65H114O6/c1-4-7-10-13-16-18-20-22-24-26-28-30-31-32-33-35-36-38-40-42-44-46-49-52-55-58-64(67)70-61-62(60-69-63(66)57-54-51-48-15-12-9-6-3)71-65(68)59-56-53-50-47-45-43-41-39-37-34-29-27-25-23-21-19-17-14-11-8-5-2/h8,11,17,19,23,25,29,34,39,41,45,47,62H,4-7,9-10,12-16,18,20-22,24,26-28,30-33,35-38,40,42-44,46,48-61H2,1-3H3/b11-8-,19-17-,25-23-,34-29-,41-39-,47-45-. The van der Waals surface area contributed by atoms with Crippen molar-refractivity contribution in [3.05, 3.63) is 72.9 Å². The van der Waals surface area contributed by atoms with Crippen LogP contribution in [-0.2, 0) is 28.6 Å². The van der Waals surface area contributed by atoms with Crippen LogP contribution in [0.3, 0.4) is 0 Å². The quantitative estimate of drug-likeness (QED) is 0.0261. The summed E-state index contributed by atoms with van der Waals surface area (Å²) in [5.74, 6) is -0.930. The predicted octanol–water partition coefficient (Wildman–Crippen LogP) is 20.5. The van der Waals surface area contributed by atoms with Gasteiger partial charge >= 0.3 is 17.9 Å². The zero-order chi connectivity index (χ0) is 51.4. The van der Waals surface area contributed by atoms with Gasteiger partial charge in [-0.1, -0.05) is 286 Å². The zero-order valence-electron chi connectivity index (χ0n) is 47.0. The fraction of sp³-hybridized carbons (Fsp3) is 0.769. The van der Waals surface area contributed by atoms with Gasteiger partial charge in [-0.05, 0) is 70.6 Å². The summed E-state index contributed by atoms with van der Waals surface area (Å²) in [5, 5.41) is 0. The predicted molar refractivity (Wildman–Crippen MR) is 307 cm³/mol. The van der Waals surface area contributed by atoms with Crippen LogP contribution in [0.25, 0.3) is 0 Å². The lowest BCUT2D eigenvalue weighted by Crippen LogP contribution is -2.30. The highest BCUT2D eigenvalue weighted by Gasteiger charge is 2.19. The van der Waals surface area contributed by atoms with E-state index in [0.29, 0.717) is 19.3 Å². The van der Waals surface area contributed by atoms with Gasteiger partial charge < -0.3 is 14.2 Å². The van der Waals surface area contributed by atoms with E-state index in [0.717, 1.165) is 89.9 Å². The van der Waals surface area contributed by atoms with Gasteiger partial charge in [0.25, 0.3) is 0 Å². The van der Waals surface area contributed by atoms with Crippen LogP contribution in [0.4, 0.5) is 0 Å². The van der Waals surface area contributed by atoms with Gasteiger partial charge in [-0.25, -0.2) is 0 Å². The Labute approximate surface area is 440 Å². The van der Waals surface area contributed by atoms with Crippen LogP contribution in [0.2, 0.25) is 0 Å². The van der Waals surface area contributed by atoms with Crippen molar-refractivity contribution in [1.29, 1.82) is 0 Å². The number of hydrogen-bond donors (Lipinski definition) is 0. The molecule has 0 aromatic rings. The Morgan fingerprint density at radius 3 is 0.859 bits per heavy atom. The lowest BCUT2D eigenvalue weighted by molar-refractivity contribution is -0.167. The summed E-state index contributed by atoms with van der Waals surface area (Å²) in [6, 6.07) is 0. The highest BCUT2D eigenvalue weighted by molar-refractivity contribution is 5.71. The first-order valence-corrected chi connectivity index (χ1v) is 30.4. The third-order valence-corrected chi connectivity index (χ3v) is 13.2. The van der Waals surface area contributed by atoms with E-state index >= 15 is 0 Å². The fourth-order valence-corrected chi connectivity index (χ4v) is 8.68. The largest absolute Gasteiger partial charge is 0.462 e. The maximum absolute atomic E-state index is 12.8. The van der Waals surface area contributed by atoms with E-state index in [-0.39, 0.29) is 37.5 Å². The van der Waals surface area contributed by atoms with Crippen molar-refractivity contribution in [2.45, 2.75) is 309 Å². The Morgan fingerprint density at radius 1 is 0.296 bits per heavy atom. The summed E-state index contributed by atoms with van der Waals surface area (Å²) in [4.78, 5) is 38.0. The molecular formula is C65H114O6. The molecule has 0 amide bonds. The van der Waals surface area contributed by atoms with Crippen LogP contribution in [0, 0.1) is 0 Å². The maximum Gasteiger partial charge on any atom is 0.306 e. The Hall–Kier alpha value is -3.15. The van der Waals surface area contributed by atoms with E-state index < -0.39 is 6.10 Å². The van der Waals surface area contributed by atoms with Crippen LogP contribution >= 0.6 is 0 Å². The molecule has 0 bridgehead atoms. The minimum absolute atomic E-state index is 0.0900. The normalized spacial score (nSPS) is 12.5. The van der Waals surface area contributed by atoms with Gasteiger partial charge in [0, 0.05) is 19.3 Å².